The number of methoxy groups -OCH3 is 1. The Bertz CT molecular complexity index is 99.4. The van der Waals surface area contributed by atoms with Crippen LogP contribution in [0.2, 0.25) is 0 Å². The second-order valence-corrected chi connectivity index (χ2v) is 4.65. The zero-order valence-corrected chi connectivity index (χ0v) is 10.3. The van der Waals surface area contributed by atoms with Crippen LogP contribution in [0.15, 0.2) is 0 Å². The maximum Gasteiger partial charge on any atom is 0.0462 e. The lowest BCUT2D eigenvalue weighted by Crippen LogP contribution is -1.89. The van der Waals surface area contributed by atoms with Gasteiger partial charge in [-0.15, -0.1) is 0 Å². The Hall–Kier alpha value is -0.0400. The van der Waals surface area contributed by atoms with Gasteiger partial charge in [0.2, 0.25) is 0 Å². The summed E-state index contributed by atoms with van der Waals surface area (Å²) in [6.45, 7) is 5.56. The van der Waals surface area contributed by atoms with Crippen LogP contribution in [0.5, 0.6) is 0 Å². The minimum atomic E-state index is 0.886. The van der Waals surface area contributed by atoms with Crippen LogP contribution in [0.25, 0.3) is 0 Å². The van der Waals surface area contributed by atoms with Crippen LogP contribution in [-0.4, -0.2) is 13.7 Å². The van der Waals surface area contributed by atoms with Crippen molar-refractivity contribution in [3.63, 3.8) is 0 Å². The Morgan fingerprint density at radius 2 is 1.29 bits per heavy atom. The van der Waals surface area contributed by atoms with E-state index in [4.69, 9.17) is 4.74 Å². The second kappa shape index (κ2) is 11.0. The van der Waals surface area contributed by atoms with E-state index in [1.165, 1.54) is 51.4 Å². The highest BCUT2D eigenvalue weighted by atomic mass is 16.5. The summed E-state index contributed by atoms with van der Waals surface area (Å²) in [5.74, 6) is 0.886. The van der Waals surface area contributed by atoms with Crippen molar-refractivity contribution >= 4 is 0 Å². The molecule has 86 valence electrons. The quantitative estimate of drug-likeness (QED) is 0.475. The lowest BCUT2D eigenvalue weighted by Gasteiger charge is -2.04. The molecule has 0 aromatic heterocycles. The van der Waals surface area contributed by atoms with Crippen LogP contribution < -0.4 is 0 Å². The number of hydrogen-bond donors (Lipinski definition) is 0. The van der Waals surface area contributed by atoms with Gasteiger partial charge in [-0.25, -0.2) is 0 Å². The van der Waals surface area contributed by atoms with E-state index in [0.717, 1.165) is 12.5 Å². The van der Waals surface area contributed by atoms with Crippen molar-refractivity contribution in [2.45, 2.75) is 65.2 Å². The molecule has 0 amide bonds. The standard InChI is InChI=1S/C13H28O/c1-13(2)11-9-7-5-4-6-8-10-12-14-3/h13H,4-12H2,1-3H3. The van der Waals surface area contributed by atoms with Crippen LogP contribution in [0.4, 0.5) is 0 Å². The molecule has 0 heterocycles. The molecule has 0 saturated heterocycles. The first kappa shape index (κ1) is 14.0. The Labute approximate surface area is 90.2 Å². The molecular formula is C13H28O. The smallest absolute Gasteiger partial charge is 0.0462 e. The first-order valence-corrected chi connectivity index (χ1v) is 6.26. The second-order valence-electron chi connectivity index (χ2n) is 4.65. The van der Waals surface area contributed by atoms with E-state index >= 15 is 0 Å². The molecule has 0 aliphatic heterocycles. The summed E-state index contributed by atoms with van der Waals surface area (Å²) in [4.78, 5) is 0. The third-order valence-corrected chi connectivity index (χ3v) is 2.63. The van der Waals surface area contributed by atoms with E-state index < -0.39 is 0 Å². The fraction of sp³-hybridized carbons (Fsp3) is 1.00. The third-order valence-electron chi connectivity index (χ3n) is 2.63. The van der Waals surface area contributed by atoms with Crippen LogP contribution in [0.1, 0.15) is 65.2 Å². The van der Waals surface area contributed by atoms with Gasteiger partial charge in [0.25, 0.3) is 0 Å². The van der Waals surface area contributed by atoms with Crippen molar-refractivity contribution < 1.29 is 4.74 Å². The van der Waals surface area contributed by atoms with Crippen LogP contribution >= 0.6 is 0 Å². The Kier molecular flexibility index (Phi) is 11.0. The van der Waals surface area contributed by atoms with Crippen molar-refractivity contribution in [3.05, 3.63) is 0 Å². The van der Waals surface area contributed by atoms with Gasteiger partial charge >= 0.3 is 0 Å². The van der Waals surface area contributed by atoms with E-state index in [0.29, 0.717) is 0 Å². The topological polar surface area (TPSA) is 9.23 Å². The first-order chi connectivity index (χ1) is 6.77. The highest BCUT2D eigenvalue weighted by Crippen LogP contribution is 2.11. The molecular weight excluding hydrogens is 172 g/mol. The van der Waals surface area contributed by atoms with Crippen molar-refractivity contribution in [3.8, 4) is 0 Å². The van der Waals surface area contributed by atoms with E-state index in [-0.39, 0.29) is 0 Å². The molecule has 0 unspecified atom stereocenters. The lowest BCUT2D eigenvalue weighted by atomic mass is 10.0. The molecule has 14 heavy (non-hydrogen) atoms. The molecule has 0 aromatic rings. The number of unbranched alkanes of at least 4 members (excludes halogenated alkanes) is 6. The fourth-order valence-electron chi connectivity index (χ4n) is 1.68. The Morgan fingerprint density at radius 3 is 1.79 bits per heavy atom. The van der Waals surface area contributed by atoms with Crippen molar-refractivity contribution in [2.75, 3.05) is 13.7 Å². The maximum absolute atomic E-state index is 5.01. The van der Waals surface area contributed by atoms with Crippen LogP contribution in [-0.2, 0) is 4.74 Å². The molecule has 0 radical (unpaired) electrons. The van der Waals surface area contributed by atoms with Crippen LogP contribution in [0.3, 0.4) is 0 Å². The molecule has 0 saturated carbocycles. The van der Waals surface area contributed by atoms with Gasteiger partial charge in [-0.3, -0.25) is 0 Å². The van der Waals surface area contributed by atoms with E-state index in [1.54, 1.807) is 7.11 Å². The average Bonchev–Trinajstić information content (AvgIpc) is 2.15. The first-order valence-electron chi connectivity index (χ1n) is 6.26. The minimum Gasteiger partial charge on any atom is -0.385 e. The van der Waals surface area contributed by atoms with Crippen molar-refractivity contribution in [1.82, 2.24) is 0 Å². The summed E-state index contributed by atoms with van der Waals surface area (Å²) in [5.41, 5.74) is 0. The molecule has 0 bridgehead atoms. The monoisotopic (exact) mass is 200 g/mol. The molecule has 1 nitrogen and oxygen atoms in total. The summed E-state index contributed by atoms with van der Waals surface area (Å²) in [6, 6.07) is 0. The number of rotatable bonds is 10. The van der Waals surface area contributed by atoms with Gasteiger partial charge in [-0.2, -0.15) is 0 Å². The fourth-order valence-corrected chi connectivity index (χ4v) is 1.68. The highest BCUT2D eigenvalue weighted by molar-refractivity contribution is 4.49. The maximum atomic E-state index is 5.01. The van der Waals surface area contributed by atoms with Crippen molar-refractivity contribution in [2.24, 2.45) is 5.92 Å². The Balaban J connectivity index is 2.85. The summed E-state index contributed by atoms with van der Waals surface area (Å²) >= 11 is 0. The summed E-state index contributed by atoms with van der Waals surface area (Å²) < 4.78 is 5.01. The molecule has 0 atom stereocenters. The number of ether oxygens (including phenoxy) is 1. The Morgan fingerprint density at radius 1 is 0.786 bits per heavy atom. The van der Waals surface area contributed by atoms with E-state index in [1.807, 2.05) is 0 Å². The van der Waals surface area contributed by atoms with Gasteiger partial charge in [-0.05, 0) is 12.3 Å². The molecule has 1 heteroatoms. The molecule has 0 fully saturated rings. The lowest BCUT2D eigenvalue weighted by molar-refractivity contribution is 0.192. The van der Waals surface area contributed by atoms with Gasteiger partial charge < -0.3 is 4.74 Å². The van der Waals surface area contributed by atoms with Gasteiger partial charge in [0.15, 0.2) is 0 Å². The predicted molar refractivity (Wildman–Crippen MR) is 63.7 cm³/mol. The molecule has 0 aromatic carbocycles. The van der Waals surface area contributed by atoms with Gasteiger partial charge in [0.1, 0.15) is 0 Å². The third kappa shape index (κ3) is 12.0. The summed E-state index contributed by atoms with van der Waals surface area (Å²) in [7, 11) is 1.78. The minimum absolute atomic E-state index is 0.886. The van der Waals surface area contributed by atoms with Crippen molar-refractivity contribution in [1.29, 1.82) is 0 Å². The van der Waals surface area contributed by atoms with E-state index in [2.05, 4.69) is 13.8 Å². The molecule has 0 rings (SSSR count). The van der Waals surface area contributed by atoms with Gasteiger partial charge in [0.05, 0.1) is 0 Å². The zero-order chi connectivity index (χ0) is 10.6. The predicted octanol–water partition coefficient (Wildman–Crippen LogP) is 4.41. The SMILES string of the molecule is COCCCCCCCCCC(C)C. The molecule has 0 aliphatic rings. The summed E-state index contributed by atoms with van der Waals surface area (Å²) in [5, 5.41) is 0. The molecule has 0 N–H and O–H groups in total. The zero-order valence-electron chi connectivity index (χ0n) is 10.3. The van der Waals surface area contributed by atoms with E-state index in [9.17, 15) is 0 Å². The largest absolute Gasteiger partial charge is 0.385 e. The summed E-state index contributed by atoms with van der Waals surface area (Å²) in [6.07, 6.45) is 11.1. The van der Waals surface area contributed by atoms with Gasteiger partial charge in [0, 0.05) is 13.7 Å². The molecule has 0 aliphatic carbocycles. The molecule has 0 spiro atoms. The van der Waals surface area contributed by atoms with Gasteiger partial charge in [-0.1, -0.05) is 58.8 Å². The average molecular weight is 200 g/mol. The highest BCUT2D eigenvalue weighted by Gasteiger charge is 1.94. The normalized spacial score (nSPS) is 11.1. The van der Waals surface area contributed by atoms with Crippen LogP contribution in [0, 0.1) is 5.92 Å². The number of hydrogen-bond acceptors (Lipinski definition) is 1.